The standard InChI is InChI=1S/C11H20N2O3/c1-8-4-6-13(7-5-8)11(16)12(3)9(2)10(14)15/h8-9H,4-7H2,1-3H3,(H,14,15). The predicted octanol–water partition coefficient (Wildman–Crippen LogP) is 1.24. The van der Waals surface area contributed by atoms with Gasteiger partial charge in [0, 0.05) is 20.1 Å². The normalized spacial score (nSPS) is 19.3. The van der Waals surface area contributed by atoms with Crippen molar-refractivity contribution in [1.82, 2.24) is 9.80 Å². The topological polar surface area (TPSA) is 60.9 Å². The maximum absolute atomic E-state index is 11.9. The minimum Gasteiger partial charge on any atom is -0.480 e. The lowest BCUT2D eigenvalue weighted by Crippen LogP contribution is -2.49. The zero-order chi connectivity index (χ0) is 12.3. The van der Waals surface area contributed by atoms with Crippen molar-refractivity contribution in [1.29, 1.82) is 0 Å². The first-order valence-electron chi connectivity index (χ1n) is 5.68. The SMILES string of the molecule is CC1CCN(C(=O)N(C)C(C)C(=O)O)CC1. The Balaban J connectivity index is 2.54. The van der Waals surface area contributed by atoms with Crippen molar-refractivity contribution in [2.45, 2.75) is 32.7 Å². The third kappa shape index (κ3) is 2.87. The van der Waals surface area contributed by atoms with Crippen LogP contribution in [0.15, 0.2) is 0 Å². The average molecular weight is 228 g/mol. The Morgan fingerprint density at radius 2 is 1.88 bits per heavy atom. The van der Waals surface area contributed by atoms with E-state index in [2.05, 4.69) is 6.92 Å². The lowest BCUT2D eigenvalue weighted by molar-refractivity contribution is -0.141. The number of carboxylic acids is 1. The third-order valence-corrected chi connectivity index (χ3v) is 3.29. The van der Waals surface area contributed by atoms with Gasteiger partial charge in [0.25, 0.3) is 0 Å². The van der Waals surface area contributed by atoms with Gasteiger partial charge in [-0.05, 0) is 25.7 Å². The van der Waals surface area contributed by atoms with Crippen molar-refractivity contribution in [2.75, 3.05) is 20.1 Å². The molecule has 0 aromatic carbocycles. The predicted molar refractivity (Wildman–Crippen MR) is 60.2 cm³/mol. The van der Waals surface area contributed by atoms with Crippen LogP contribution in [-0.2, 0) is 4.79 Å². The van der Waals surface area contributed by atoms with Crippen LogP contribution in [0.25, 0.3) is 0 Å². The molecular weight excluding hydrogens is 208 g/mol. The van der Waals surface area contributed by atoms with E-state index in [1.54, 1.807) is 11.9 Å². The first-order chi connectivity index (χ1) is 7.43. The number of carbonyl (C=O) groups excluding carboxylic acids is 1. The second-order valence-corrected chi connectivity index (χ2v) is 4.58. The Labute approximate surface area is 96.0 Å². The number of rotatable bonds is 2. The minimum atomic E-state index is -0.971. The number of aliphatic carboxylic acids is 1. The summed E-state index contributed by atoms with van der Waals surface area (Å²) in [6, 6.07) is -0.950. The van der Waals surface area contributed by atoms with Gasteiger partial charge in [0.15, 0.2) is 0 Å². The molecule has 0 spiro atoms. The largest absolute Gasteiger partial charge is 0.480 e. The van der Waals surface area contributed by atoms with Crippen LogP contribution in [0.1, 0.15) is 26.7 Å². The molecule has 0 aliphatic carbocycles. The van der Waals surface area contributed by atoms with Gasteiger partial charge in [-0.15, -0.1) is 0 Å². The summed E-state index contributed by atoms with van der Waals surface area (Å²) in [7, 11) is 1.54. The Bertz CT molecular complexity index is 272. The van der Waals surface area contributed by atoms with E-state index < -0.39 is 12.0 Å². The van der Waals surface area contributed by atoms with Gasteiger partial charge in [0.2, 0.25) is 0 Å². The van der Waals surface area contributed by atoms with Crippen molar-refractivity contribution in [2.24, 2.45) is 5.92 Å². The van der Waals surface area contributed by atoms with E-state index in [0.29, 0.717) is 5.92 Å². The molecule has 1 saturated heterocycles. The highest BCUT2D eigenvalue weighted by molar-refractivity contribution is 5.82. The number of urea groups is 1. The maximum atomic E-state index is 11.9. The highest BCUT2D eigenvalue weighted by Crippen LogP contribution is 2.17. The first kappa shape index (κ1) is 12.8. The van der Waals surface area contributed by atoms with Crippen molar-refractivity contribution in [3.05, 3.63) is 0 Å². The maximum Gasteiger partial charge on any atom is 0.326 e. The number of hydrogen-bond donors (Lipinski definition) is 1. The summed E-state index contributed by atoms with van der Waals surface area (Å²) in [6.07, 6.45) is 2.00. The molecule has 1 rings (SSSR count). The molecule has 0 bridgehead atoms. The van der Waals surface area contributed by atoms with Gasteiger partial charge in [-0.2, -0.15) is 0 Å². The van der Waals surface area contributed by atoms with Crippen LogP contribution in [0.3, 0.4) is 0 Å². The Hall–Kier alpha value is -1.26. The molecule has 2 amide bonds. The number of piperidine rings is 1. The summed E-state index contributed by atoms with van der Waals surface area (Å²) in [5.74, 6) is -0.313. The Morgan fingerprint density at radius 1 is 1.38 bits per heavy atom. The van der Waals surface area contributed by atoms with Gasteiger partial charge in [0.05, 0.1) is 0 Å². The first-order valence-corrected chi connectivity index (χ1v) is 5.68. The van der Waals surface area contributed by atoms with Crippen LogP contribution in [-0.4, -0.2) is 53.1 Å². The van der Waals surface area contributed by atoms with Gasteiger partial charge >= 0.3 is 12.0 Å². The summed E-state index contributed by atoms with van der Waals surface area (Å²) in [6.45, 7) is 5.16. The Morgan fingerprint density at radius 3 is 2.31 bits per heavy atom. The van der Waals surface area contributed by atoms with Crippen LogP contribution in [0, 0.1) is 5.92 Å². The van der Waals surface area contributed by atoms with E-state index in [0.717, 1.165) is 25.9 Å². The van der Waals surface area contributed by atoms with Crippen LogP contribution >= 0.6 is 0 Å². The fourth-order valence-electron chi connectivity index (χ4n) is 1.75. The zero-order valence-corrected chi connectivity index (χ0v) is 10.1. The molecule has 1 atom stereocenters. The number of carbonyl (C=O) groups is 2. The van der Waals surface area contributed by atoms with Crippen molar-refractivity contribution >= 4 is 12.0 Å². The summed E-state index contributed by atoms with van der Waals surface area (Å²) in [4.78, 5) is 25.7. The molecule has 92 valence electrons. The van der Waals surface area contributed by atoms with E-state index in [-0.39, 0.29) is 6.03 Å². The molecule has 1 aliphatic heterocycles. The van der Waals surface area contributed by atoms with Gasteiger partial charge in [-0.1, -0.05) is 6.92 Å². The lowest BCUT2D eigenvalue weighted by atomic mass is 9.99. The van der Waals surface area contributed by atoms with Crippen LogP contribution in [0.4, 0.5) is 4.79 Å². The van der Waals surface area contributed by atoms with Crippen LogP contribution in [0.2, 0.25) is 0 Å². The molecule has 0 aromatic heterocycles. The zero-order valence-electron chi connectivity index (χ0n) is 10.1. The number of nitrogens with zero attached hydrogens (tertiary/aromatic N) is 2. The molecule has 0 radical (unpaired) electrons. The van der Waals surface area contributed by atoms with Gasteiger partial charge < -0.3 is 14.9 Å². The monoisotopic (exact) mass is 228 g/mol. The van der Waals surface area contributed by atoms with E-state index in [4.69, 9.17) is 5.11 Å². The molecule has 1 aliphatic rings. The number of amides is 2. The number of carboxylic acid groups (broad SMARTS) is 1. The van der Waals surface area contributed by atoms with Gasteiger partial charge in [-0.25, -0.2) is 9.59 Å². The van der Waals surface area contributed by atoms with Crippen LogP contribution in [0.5, 0.6) is 0 Å². The van der Waals surface area contributed by atoms with Crippen LogP contribution < -0.4 is 0 Å². The lowest BCUT2D eigenvalue weighted by Gasteiger charge is -2.34. The Kier molecular flexibility index (Phi) is 4.15. The molecule has 1 unspecified atom stereocenters. The molecule has 1 N–H and O–H groups in total. The second-order valence-electron chi connectivity index (χ2n) is 4.58. The summed E-state index contributed by atoms with van der Waals surface area (Å²) < 4.78 is 0. The molecule has 5 nitrogen and oxygen atoms in total. The third-order valence-electron chi connectivity index (χ3n) is 3.29. The molecule has 1 fully saturated rings. The highest BCUT2D eigenvalue weighted by atomic mass is 16.4. The smallest absolute Gasteiger partial charge is 0.326 e. The quantitative estimate of drug-likeness (QED) is 0.773. The number of likely N-dealkylation sites (N-methyl/N-ethyl adjacent to an activating group) is 1. The van der Waals surface area contributed by atoms with E-state index >= 15 is 0 Å². The second kappa shape index (κ2) is 5.18. The molecule has 5 heteroatoms. The summed E-state index contributed by atoms with van der Waals surface area (Å²) in [5, 5.41) is 8.83. The van der Waals surface area contributed by atoms with Crippen molar-refractivity contribution < 1.29 is 14.7 Å². The van der Waals surface area contributed by atoms with Gasteiger partial charge in [-0.3, -0.25) is 0 Å². The van der Waals surface area contributed by atoms with E-state index in [1.165, 1.54) is 11.8 Å². The molecule has 0 saturated carbocycles. The van der Waals surface area contributed by atoms with Crippen molar-refractivity contribution in [3.63, 3.8) is 0 Å². The van der Waals surface area contributed by atoms with Gasteiger partial charge in [0.1, 0.15) is 6.04 Å². The average Bonchev–Trinajstić information content (AvgIpc) is 2.27. The fraction of sp³-hybridized carbons (Fsp3) is 0.818. The van der Waals surface area contributed by atoms with E-state index in [9.17, 15) is 9.59 Å². The summed E-state index contributed by atoms with van der Waals surface area (Å²) in [5.41, 5.74) is 0. The molecule has 16 heavy (non-hydrogen) atoms. The summed E-state index contributed by atoms with van der Waals surface area (Å²) >= 11 is 0. The molecular formula is C11H20N2O3. The highest BCUT2D eigenvalue weighted by Gasteiger charge is 2.27. The molecule has 0 aromatic rings. The number of hydrogen-bond acceptors (Lipinski definition) is 2. The van der Waals surface area contributed by atoms with E-state index in [1.807, 2.05) is 0 Å². The number of likely N-dealkylation sites (tertiary alicyclic amines) is 1. The molecule has 1 heterocycles. The minimum absolute atomic E-state index is 0.179. The fourth-order valence-corrected chi connectivity index (χ4v) is 1.75. The van der Waals surface area contributed by atoms with Crippen molar-refractivity contribution in [3.8, 4) is 0 Å².